The van der Waals surface area contributed by atoms with Crippen molar-refractivity contribution >= 4 is 17.7 Å². The Hall–Kier alpha value is -0.960. The van der Waals surface area contributed by atoms with Crippen molar-refractivity contribution in [1.82, 2.24) is 5.32 Å². The Labute approximate surface area is 102 Å². The Balaban J connectivity index is 2.64. The Bertz CT molecular complexity index is 350. The van der Waals surface area contributed by atoms with Gasteiger partial charge in [0.05, 0.1) is 0 Å². The fraction of sp³-hybridized carbons (Fsp3) is 0.462. The van der Waals surface area contributed by atoms with Crippen LogP contribution < -0.4 is 5.32 Å². The molecule has 88 valence electrons. The summed E-state index contributed by atoms with van der Waals surface area (Å²) < 4.78 is 0. The number of thioether (sulfide) groups is 1. The molecule has 0 bridgehead atoms. The number of carbonyl (C=O) groups excluding carboxylic acids is 1. The van der Waals surface area contributed by atoms with Gasteiger partial charge in [-0.25, -0.2) is 0 Å². The maximum absolute atomic E-state index is 11.8. The molecule has 0 aliphatic carbocycles. The summed E-state index contributed by atoms with van der Waals surface area (Å²) in [5, 5.41) is 2.92. The predicted octanol–water partition coefficient (Wildman–Crippen LogP) is 2.94. The standard InChI is InChI=1S/C13H19NOS/c1-10(2)8-14-13(15)12-6-4-5-11(7-12)9-16-3/h4-7,10H,8-9H2,1-3H3,(H,14,15). The molecule has 16 heavy (non-hydrogen) atoms. The van der Waals surface area contributed by atoms with Crippen LogP contribution >= 0.6 is 11.8 Å². The van der Waals surface area contributed by atoms with Crippen LogP contribution in [-0.4, -0.2) is 18.7 Å². The van der Waals surface area contributed by atoms with Crippen molar-refractivity contribution in [3.63, 3.8) is 0 Å². The van der Waals surface area contributed by atoms with E-state index in [4.69, 9.17) is 0 Å². The first-order valence-electron chi connectivity index (χ1n) is 5.49. The van der Waals surface area contributed by atoms with Crippen LogP contribution in [0.5, 0.6) is 0 Å². The molecule has 0 saturated heterocycles. The minimum absolute atomic E-state index is 0.0247. The highest BCUT2D eigenvalue weighted by molar-refractivity contribution is 7.97. The second-order valence-electron chi connectivity index (χ2n) is 4.24. The molecular weight excluding hydrogens is 218 g/mol. The number of carbonyl (C=O) groups is 1. The number of hydrogen-bond acceptors (Lipinski definition) is 2. The molecule has 0 atom stereocenters. The van der Waals surface area contributed by atoms with E-state index < -0.39 is 0 Å². The zero-order valence-corrected chi connectivity index (χ0v) is 10.9. The van der Waals surface area contributed by atoms with Crippen molar-refractivity contribution < 1.29 is 4.79 Å². The smallest absolute Gasteiger partial charge is 0.251 e. The molecule has 0 radical (unpaired) electrons. The number of benzene rings is 1. The zero-order valence-electron chi connectivity index (χ0n) is 10.1. The molecule has 0 heterocycles. The van der Waals surface area contributed by atoms with Crippen molar-refractivity contribution in [2.45, 2.75) is 19.6 Å². The monoisotopic (exact) mass is 237 g/mol. The molecule has 0 unspecified atom stereocenters. The van der Waals surface area contributed by atoms with Gasteiger partial charge in [-0.1, -0.05) is 26.0 Å². The minimum Gasteiger partial charge on any atom is -0.352 e. The third-order valence-corrected chi connectivity index (χ3v) is 2.79. The van der Waals surface area contributed by atoms with Gasteiger partial charge < -0.3 is 5.32 Å². The molecule has 0 saturated carbocycles. The number of amides is 1. The van der Waals surface area contributed by atoms with Gasteiger partial charge in [-0.2, -0.15) is 11.8 Å². The van der Waals surface area contributed by atoms with Crippen molar-refractivity contribution in [2.24, 2.45) is 5.92 Å². The van der Waals surface area contributed by atoms with E-state index in [0.717, 1.165) is 17.9 Å². The van der Waals surface area contributed by atoms with E-state index in [-0.39, 0.29) is 5.91 Å². The predicted molar refractivity (Wildman–Crippen MR) is 70.8 cm³/mol. The lowest BCUT2D eigenvalue weighted by Crippen LogP contribution is -2.27. The highest BCUT2D eigenvalue weighted by atomic mass is 32.2. The summed E-state index contributed by atoms with van der Waals surface area (Å²) in [5.74, 6) is 1.46. The van der Waals surface area contributed by atoms with Crippen LogP contribution in [0.2, 0.25) is 0 Å². The molecule has 2 nitrogen and oxygen atoms in total. The summed E-state index contributed by atoms with van der Waals surface area (Å²) in [5.41, 5.74) is 1.96. The summed E-state index contributed by atoms with van der Waals surface area (Å²) in [4.78, 5) is 11.8. The van der Waals surface area contributed by atoms with Crippen molar-refractivity contribution in [2.75, 3.05) is 12.8 Å². The molecule has 0 spiro atoms. The quantitative estimate of drug-likeness (QED) is 0.853. The van der Waals surface area contributed by atoms with Crippen LogP contribution in [0.1, 0.15) is 29.8 Å². The average molecular weight is 237 g/mol. The fourth-order valence-electron chi connectivity index (χ4n) is 1.37. The van der Waals surface area contributed by atoms with Crippen LogP contribution in [0.25, 0.3) is 0 Å². The molecule has 1 rings (SSSR count). The summed E-state index contributed by atoms with van der Waals surface area (Å²) in [6.07, 6.45) is 2.06. The highest BCUT2D eigenvalue weighted by Crippen LogP contribution is 2.11. The molecule has 1 N–H and O–H groups in total. The van der Waals surface area contributed by atoms with E-state index in [1.807, 2.05) is 18.2 Å². The van der Waals surface area contributed by atoms with E-state index in [1.165, 1.54) is 5.56 Å². The molecule has 0 fully saturated rings. The fourth-order valence-corrected chi connectivity index (χ4v) is 1.88. The molecule has 1 aromatic rings. The zero-order chi connectivity index (χ0) is 12.0. The van der Waals surface area contributed by atoms with Gasteiger partial charge in [-0.3, -0.25) is 4.79 Å². The molecule has 0 aliphatic heterocycles. The number of hydrogen-bond donors (Lipinski definition) is 1. The van der Waals surface area contributed by atoms with Crippen molar-refractivity contribution in [1.29, 1.82) is 0 Å². The first-order valence-corrected chi connectivity index (χ1v) is 6.89. The van der Waals surface area contributed by atoms with E-state index in [0.29, 0.717) is 5.92 Å². The van der Waals surface area contributed by atoms with Gasteiger partial charge in [0.15, 0.2) is 0 Å². The topological polar surface area (TPSA) is 29.1 Å². The molecular formula is C13H19NOS. The van der Waals surface area contributed by atoms with Gasteiger partial charge in [-0.05, 0) is 29.9 Å². The Morgan fingerprint density at radius 3 is 2.81 bits per heavy atom. The molecule has 3 heteroatoms. The maximum atomic E-state index is 11.8. The second kappa shape index (κ2) is 6.59. The lowest BCUT2D eigenvalue weighted by atomic mass is 10.1. The minimum atomic E-state index is 0.0247. The van der Waals surface area contributed by atoms with Crippen molar-refractivity contribution in [3.05, 3.63) is 35.4 Å². The Morgan fingerprint density at radius 2 is 2.19 bits per heavy atom. The second-order valence-corrected chi connectivity index (χ2v) is 5.10. The first kappa shape index (κ1) is 13.1. The van der Waals surface area contributed by atoms with Gasteiger partial charge in [0.1, 0.15) is 0 Å². The third-order valence-electron chi connectivity index (χ3n) is 2.17. The molecule has 1 amide bonds. The van der Waals surface area contributed by atoms with Crippen LogP contribution in [0, 0.1) is 5.92 Å². The van der Waals surface area contributed by atoms with Crippen LogP contribution in [0.3, 0.4) is 0 Å². The normalized spacial score (nSPS) is 10.5. The van der Waals surface area contributed by atoms with Gasteiger partial charge in [0.2, 0.25) is 0 Å². The molecule has 0 aliphatic rings. The summed E-state index contributed by atoms with van der Waals surface area (Å²) >= 11 is 1.76. The van der Waals surface area contributed by atoms with Gasteiger partial charge in [0.25, 0.3) is 5.91 Å². The summed E-state index contributed by atoms with van der Waals surface area (Å²) in [6.45, 7) is 4.90. The van der Waals surface area contributed by atoms with Gasteiger partial charge in [0, 0.05) is 17.9 Å². The number of rotatable bonds is 5. The van der Waals surface area contributed by atoms with Gasteiger partial charge >= 0.3 is 0 Å². The lowest BCUT2D eigenvalue weighted by Gasteiger charge is -2.08. The molecule has 0 aromatic heterocycles. The van der Waals surface area contributed by atoms with E-state index in [1.54, 1.807) is 11.8 Å². The van der Waals surface area contributed by atoms with E-state index in [2.05, 4.69) is 31.5 Å². The lowest BCUT2D eigenvalue weighted by molar-refractivity contribution is 0.0949. The van der Waals surface area contributed by atoms with Crippen LogP contribution in [0.15, 0.2) is 24.3 Å². The number of nitrogens with one attached hydrogen (secondary N) is 1. The van der Waals surface area contributed by atoms with Crippen LogP contribution in [0.4, 0.5) is 0 Å². The summed E-state index contributed by atoms with van der Waals surface area (Å²) in [7, 11) is 0. The van der Waals surface area contributed by atoms with Gasteiger partial charge in [-0.15, -0.1) is 0 Å². The third kappa shape index (κ3) is 4.27. The SMILES string of the molecule is CSCc1cccc(C(=O)NCC(C)C)c1. The van der Waals surface area contributed by atoms with E-state index in [9.17, 15) is 4.79 Å². The molecule has 1 aromatic carbocycles. The maximum Gasteiger partial charge on any atom is 0.251 e. The highest BCUT2D eigenvalue weighted by Gasteiger charge is 2.06. The van der Waals surface area contributed by atoms with Crippen LogP contribution in [-0.2, 0) is 5.75 Å². The van der Waals surface area contributed by atoms with E-state index >= 15 is 0 Å². The average Bonchev–Trinajstić information content (AvgIpc) is 2.26. The largest absolute Gasteiger partial charge is 0.352 e. The summed E-state index contributed by atoms with van der Waals surface area (Å²) in [6, 6.07) is 7.82. The first-order chi connectivity index (χ1) is 7.63. The Kier molecular flexibility index (Phi) is 5.39. The van der Waals surface area contributed by atoms with Crippen molar-refractivity contribution in [3.8, 4) is 0 Å². The Morgan fingerprint density at radius 1 is 1.44 bits per heavy atom.